The van der Waals surface area contributed by atoms with Crippen LogP contribution in [0.1, 0.15) is 5.69 Å². The summed E-state index contributed by atoms with van der Waals surface area (Å²) in [5.41, 5.74) is 0.351. The SMILES string of the molecule is CS(=O)(=O)n1c(Br)ccc1CO. The molecule has 0 atom stereocenters. The predicted octanol–water partition coefficient (Wildman–Crippen LogP) is 0.551. The minimum absolute atomic E-state index is 0.293. The van der Waals surface area contributed by atoms with Gasteiger partial charge in [-0.05, 0) is 28.1 Å². The van der Waals surface area contributed by atoms with Crippen molar-refractivity contribution in [2.75, 3.05) is 6.26 Å². The largest absolute Gasteiger partial charge is 0.390 e. The standard InChI is InChI=1S/C6H8BrNO3S/c1-12(10,11)8-5(4-9)2-3-6(8)7/h2-3,9H,4H2,1H3. The highest BCUT2D eigenvalue weighted by molar-refractivity contribution is 9.10. The molecule has 0 aromatic carbocycles. The van der Waals surface area contributed by atoms with Crippen LogP contribution in [0.25, 0.3) is 0 Å². The molecular formula is C6H8BrNO3S. The molecule has 1 N–H and O–H groups in total. The second kappa shape index (κ2) is 3.20. The first-order valence-electron chi connectivity index (χ1n) is 3.14. The Labute approximate surface area is 79.0 Å². The van der Waals surface area contributed by atoms with E-state index in [4.69, 9.17) is 5.11 Å². The molecule has 0 radical (unpaired) electrons. The van der Waals surface area contributed by atoms with Gasteiger partial charge >= 0.3 is 0 Å². The lowest BCUT2D eigenvalue weighted by molar-refractivity contribution is 0.275. The summed E-state index contributed by atoms with van der Waals surface area (Å²) in [4.78, 5) is 0. The van der Waals surface area contributed by atoms with Crippen molar-refractivity contribution in [2.24, 2.45) is 0 Å². The van der Waals surface area contributed by atoms with Crippen LogP contribution in [0.3, 0.4) is 0 Å². The van der Waals surface area contributed by atoms with E-state index in [1.54, 1.807) is 12.1 Å². The fourth-order valence-corrected chi connectivity index (χ4v) is 3.00. The van der Waals surface area contributed by atoms with Gasteiger partial charge in [0, 0.05) is 0 Å². The lowest BCUT2D eigenvalue weighted by Crippen LogP contribution is -2.13. The highest BCUT2D eigenvalue weighted by Crippen LogP contribution is 2.17. The van der Waals surface area contributed by atoms with Gasteiger partial charge in [0.15, 0.2) is 0 Å². The minimum Gasteiger partial charge on any atom is -0.390 e. The number of aliphatic hydroxyl groups excluding tert-OH is 1. The zero-order chi connectivity index (χ0) is 9.35. The van der Waals surface area contributed by atoms with Gasteiger partial charge in [-0.1, -0.05) is 0 Å². The molecule has 1 heterocycles. The van der Waals surface area contributed by atoms with Crippen molar-refractivity contribution in [2.45, 2.75) is 6.61 Å². The molecule has 0 spiro atoms. The Balaban J connectivity index is 3.39. The molecule has 4 nitrogen and oxygen atoms in total. The van der Waals surface area contributed by atoms with Gasteiger partial charge in [-0.2, -0.15) is 0 Å². The summed E-state index contributed by atoms with van der Waals surface area (Å²) in [5, 5.41) is 8.79. The normalized spacial score (nSPS) is 11.9. The van der Waals surface area contributed by atoms with Crippen molar-refractivity contribution >= 4 is 26.0 Å². The third-order valence-electron chi connectivity index (χ3n) is 1.36. The summed E-state index contributed by atoms with van der Waals surface area (Å²) in [6, 6.07) is 3.12. The van der Waals surface area contributed by atoms with Crippen molar-refractivity contribution in [3.05, 3.63) is 22.4 Å². The first-order chi connectivity index (χ1) is 5.46. The van der Waals surface area contributed by atoms with Gasteiger partial charge in [0.25, 0.3) is 0 Å². The van der Waals surface area contributed by atoms with Gasteiger partial charge in [-0.15, -0.1) is 0 Å². The van der Waals surface area contributed by atoms with Crippen LogP contribution in [-0.4, -0.2) is 23.8 Å². The first-order valence-corrected chi connectivity index (χ1v) is 5.78. The average Bonchev–Trinajstić information content (AvgIpc) is 2.29. The van der Waals surface area contributed by atoms with Crippen molar-refractivity contribution in [3.63, 3.8) is 0 Å². The van der Waals surface area contributed by atoms with E-state index >= 15 is 0 Å². The number of aromatic nitrogens is 1. The molecule has 0 fully saturated rings. The number of hydrogen-bond donors (Lipinski definition) is 1. The fraction of sp³-hybridized carbons (Fsp3) is 0.333. The van der Waals surface area contributed by atoms with Crippen LogP contribution >= 0.6 is 15.9 Å². The van der Waals surface area contributed by atoms with Crippen LogP contribution in [-0.2, 0) is 16.6 Å². The van der Waals surface area contributed by atoms with E-state index < -0.39 is 10.0 Å². The monoisotopic (exact) mass is 253 g/mol. The van der Waals surface area contributed by atoms with E-state index in [9.17, 15) is 8.42 Å². The van der Waals surface area contributed by atoms with Gasteiger partial charge in [0.1, 0.15) is 0 Å². The first kappa shape index (κ1) is 9.76. The maximum Gasteiger partial charge on any atom is 0.236 e. The topological polar surface area (TPSA) is 59.3 Å². The number of nitrogens with zero attached hydrogens (tertiary/aromatic N) is 1. The van der Waals surface area contributed by atoms with Gasteiger partial charge in [-0.25, -0.2) is 12.4 Å². The van der Waals surface area contributed by atoms with E-state index in [-0.39, 0.29) is 6.61 Å². The smallest absolute Gasteiger partial charge is 0.236 e. The molecule has 1 rings (SSSR count). The molecule has 12 heavy (non-hydrogen) atoms. The highest BCUT2D eigenvalue weighted by Gasteiger charge is 2.13. The van der Waals surface area contributed by atoms with Gasteiger partial charge in [-0.3, -0.25) is 0 Å². The Morgan fingerprint density at radius 2 is 2.17 bits per heavy atom. The molecule has 6 heteroatoms. The summed E-state index contributed by atoms with van der Waals surface area (Å²) < 4.78 is 23.7. The Kier molecular flexibility index (Phi) is 2.60. The Morgan fingerprint density at radius 1 is 1.58 bits per heavy atom. The summed E-state index contributed by atoms with van der Waals surface area (Å²) in [6.45, 7) is -0.293. The number of rotatable bonds is 2. The lowest BCUT2D eigenvalue weighted by atomic mass is 10.5. The second-order valence-electron chi connectivity index (χ2n) is 2.33. The van der Waals surface area contributed by atoms with Crippen LogP contribution in [0.2, 0.25) is 0 Å². The summed E-state index contributed by atoms with van der Waals surface area (Å²) >= 11 is 3.07. The van der Waals surface area contributed by atoms with Crippen LogP contribution in [0.5, 0.6) is 0 Å². The van der Waals surface area contributed by atoms with Crippen molar-refractivity contribution in [1.29, 1.82) is 0 Å². The second-order valence-corrected chi connectivity index (χ2v) is 4.98. The van der Waals surface area contributed by atoms with Crippen molar-refractivity contribution < 1.29 is 13.5 Å². The average molecular weight is 254 g/mol. The van der Waals surface area contributed by atoms with Crippen molar-refractivity contribution in [1.82, 2.24) is 3.97 Å². The predicted molar refractivity (Wildman–Crippen MR) is 48.3 cm³/mol. The molecule has 0 aliphatic heterocycles. The van der Waals surface area contributed by atoms with Crippen LogP contribution in [0.15, 0.2) is 16.7 Å². The van der Waals surface area contributed by atoms with Gasteiger partial charge < -0.3 is 5.11 Å². The molecule has 0 amide bonds. The molecule has 0 aliphatic rings. The van der Waals surface area contributed by atoms with E-state index in [0.29, 0.717) is 10.3 Å². The number of halogens is 1. The van der Waals surface area contributed by atoms with Crippen molar-refractivity contribution in [3.8, 4) is 0 Å². The third kappa shape index (κ3) is 1.70. The molecule has 1 aromatic rings. The summed E-state index contributed by atoms with van der Waals surface area (Å²) in [5.74, 6) is 0. The van der Waals surface area contributed by atoms with Crippen LogP contribution in [0, 0.1) is 0 Å². The quantitative estimate of drug-likeness (QED) is 0.838. The summed E-state index contributed by atoms with van der Waals surface area (Å²) in [6.07, 6.45) is 1.08. The third-order valence-corrected chi connectivity index (χ3v) is 3.31. The minimum atomic E-state index is -3.32. The van der Waals surface area contributed by atoms with Gasteiger partial charge in [0.05, 0.1) is 23.2 Å². The Morgan fingerprint density at radius 3 is 2.50 bits per heavy atom. The molecule has 0 bridgehead atoms. The highest BCUT2D eigenvalue weighted by atomic mass is 79.9. The Hall–Kier alpha value is -0.330. The van der Waals surface area contributed by atoms with E-state index in [0.717, 1.165) is 10.2 Å². The zero-order valence-electron chi connectivity index (χ0n) is 6.36. The molecule has 0 saturated carbocycles. The van der Waals surface area contributed by atoms with E-state index in [1.807, 2.05) is 0 Å². The zero-order valence-corrected chi connectivity index (χ0v) is 8.76. The lowest BCUT2D eigenvalue weighted by Gasteiger charge is -2.04. The number of hydrogen-bond acceptors (Lipinski definition) is 3. The number of aliphatic hydroxyl groups is 1. The van der Waals surface area contributed by atoms with Gasteiger partial charge in [0.2, 0.25) is 10.0 Å². The van der Waals surface area contributed by atoms with E-state index in [2.05, 4.69) is 15.9 Å². The summed E-state index contributed by atoms with van der Waals surface area (Å²) in [7, 11) is -3.32. The molecule has 0 aliphatic carbocycles. The van der Waals surface area contributed by atoms with Crippen LogP contribution < -0.4 is 0 Å². The molecule has 1 aromatic heterocycles. The molecular weight excluding hydrogens is 246 g/mol. The van der Waals surface area contributed by atoms with Crippen LogP contribution in [0.4, 0.5) is 0 Å². The maximum atomic E-state index is 11.1. The maximum absolute atomic E-state index is 11.1. The molecule has 0 saturated heterocycles. The van der Waals surface area contributed by atoms with E-state index in [1.165, 1.54) is 0 Å². The fourth-order valence-electron chi connectivity index (χ4n) is 0.926. The molecule has 68 valence electrons. The molecule has 0 unspecified atom stereocenters. The Bertz CT molecular complexity index is 381.